The summed E-state index contributed by atoms with van der Waals surface area (Å²) in [5.41, 5.74) is 2.40. The molecular formula is C21H20O5. The number of phenolic OH excluding ortho intramolecular Hbond substituents is 2. The van der Waals surface area contributed by atoms with Crippen LogP contribution >= 0.6 is 0 Å². The number of allylic oxidation sites excluding steroid dienone is 2. The Hall–Kier alpha value is -2.63. The molecule has 5 nitrogen and oxygen atoms in total. The van der Waals surface area contributed by atoms with Gasteiger partial charge in [-0.1, -0.05) is 43.3 Å². The van der Waals surface area contributed by atoms with Gasteiger partial charge in [-0.15, -0.1) is 0 Å². The van der Waals surface area contributed by atoms with Gasteiger partial charge in [0.25, 0.3) is 0 Å². The van der Waals surface area contributed by atoms with Gasteiger partial charge in [-0.25, -0.2) is 0 Å². The van der Waals surface area contributed by atoms with Crippen LogP contribution in [0.5, 0.6) is 11.5 Å². The smallest absolute Gasteiger partial charge is 0.197 e. The average molecular weight is 352 g/mol. The van der Waals surface area contributed by atoms with Crippen LogP contribution in [-0.4, -0.2) is 29.2 Å². The van der Waals surface area contributed by atoms with E-state index in [2.05, 4.69) is 0 Å². The van der Waals surface area contributed by atoms with Crippen LogP contribution in [0.15, 0.2) is 42.5 Å². The van der Waals surface area contributed by atoms with Gasteiger partial charge in [-0.2, -0.15) is 0 Å². The Labute approximate surface area is 151 Å². The van der Waals surface area contributed by atoms with Gasteiger partial charge in [0.05, 0.1) is 18.8 Å². The first-order chi connectivity index (χ1) is 12.6. The highest BCUT2D eigenvalue weighted by molar-refractivity contribution is 6.12. The van der Waals surface area contributed by atoms with Crippen molar-refractivity contribution in [3.05, 3.63) is 70.3 Å². The summed E-state index contributed by atoms with van der Waals surface area (Å²) in [4.78, 5) is 13.2. The number of carbonyl (C=O) groups is 1. The number of rotatable bonds is 3. The fraction of sp³-hybridized carbons (Fsp3) is 0.286. The van der Waals surface area contributed by atoms with Gasteiger partial charge in [-0.3, -0.25) is 4.79 Å². The van der Waals surface area contributed by atoms with Gasteiger partial charge >= 0.3 is 0 Å². The highest BCUT2D eigenvalue weighted by Crippen LogP contribution is 2.42. The zero-order valence-electron chi connectivity index (χ0n) is 14.4. The van der Waals surface area contributed by atoms with Crippen LogP contribution < -0.4 is 0 Å². The SMILES string of the molecule is C[C@H]1C=CCc2c(O)cc(C(=O)c3ccccc3C3OCCO3)c(O)c21. The first-order valence-electron chi connectivity index (χ1n) is 8.69. The number of ketones is 1. The molecule has 0 radical (unpaired) electrons. The number of fused-ring (bicyclic) bond motifs is 1. The largest absolute Gasteiger partial charge is 0.508 e. The number of aromatic hydroxyl groups is 2. The molecule has 0 saturated carbocycles. The predicted octanol–water partition coefficient (Wildman–Crippen LogP) is 3.59. The molecule has 0 amide bonds. The maximum atomic E-state index is 13.2. The van der Waals surface area contributed by atoms with E-state index in [1.54, 1.807) is 18.2 Å². The first kappa shape index (κ1) is 16.8. The fourth-order valence-corrected chi connectivity index (χ4v) is 3.67. The molecule has 2 aromatic carbocycles. The third-order valence-corrected chi connectivity index (χ3v) is 4.95. The normalized spacial score (nSPS) is 19.5. The second kappa shape index (κ2) is 6.59. The van der Waals surface area contributed by atoms with E-state index in [0.29, 0.717) is 41.9 Å². The van der Waals surface area contributed by atoms with E-state index in [1.807, 2.05) is 25.1 Å². The van der Waals surface area contributed by atoms with E-state index in [-0.39, 0.29) is 28.8 Å². The molecule has 0 spiro atoms. The molecule has 0 bridgehead atoms. The lowest BCUT2D eigenvalue weighted by Crippen LogP contribution is -2.12. The second-order valence-electron chi connectivity index (χ2n) is 6.59. The van der Waals surface area contributed by atoms with Crippen LogP contribution in [0.1, 0.15) is 51.7 Å². The van der Waals surface area contributed by atoms with E-state index in [0.717, 1.165) is 0 Å². The molecule has 5 heteroatoms. The Morgan fingerprint density at radius 3 is 2.62 bits per heavy atom. The van der Waals surface area contributed by atoms with Crippen molar-refractivity contribution in [3.63, 3.8) is 0 Å². The molecule has 4 rings (SSSR count). The Morgan fingerprint density at radius 1 is 1.12 bits per heavy atom. The Bertz CT molecular complexity index is 894. The van der Waals surface area contributed by atoms with Crippen molar-refractivity contribution in [1.82, 2.24) is 0 Å². The number of ether oxygens (including phenoxy) is 2. The summed E-state index contributed by atoms with van der Waals surface area (Å²) in [6, 6.07) is 8.39. The van der Waals surface area contributed by atoms with Crippen molar-refractivity contribution in [2.24, 2.45) is 0 Å². The predicted molar refractivity (Wildman–Crippen MR) is 95.6 cm³/mol. The summed E-state index contributed by atoms with van der Waals surface area (Å²) >= 11 is 0. The van der Waals surface area contributed by atoms with Crippen molar-refractivity contribution >= 4 is 5.78 Å². The molecule has 1 atom stereocenters. The minimum atomic E-state index is -0.592. The molecule has 2 aromatic rings. The molecule has 1 fully saturated rings. The van der Waals surface area contributed by atoms with Crippen molar-refractivity contribution < 1.29 is 24.5 Å². The highest BCUT2D eigenvalue weighted by atomic mass is 16.7. The number of carbonyl (C=O) groups excluding carboxylic acids is 1. The lowest BCUT2D eigenvalue weighted by Gasteiger charge is -2.22. The molecule has 1 heterocycles. The summed E-state index contributed by atoms with van der Waals surface area (Å²) < 4.78 is 11.1. The van der Waals surface area contributed by atoms with E-state index in [4.69, 9.17) is 9.47 Å². The Balaban J connectivity index is 1.82. The summed E-state index contributed by atoms with van der Waals surface area (Å²) in [6.45, 7) is 2.87. The van der Waals surface area contributed by atoms with Crippen LogP contribution in [0, 0.1) is 0 Å². The van der Waals surface area contributed by atoms with E-state index >= 15 is 0 Å². The third kappa shape index (κ3) is 2.69. The standard InChI is InChI=1S/C21H20O5/c1-12-5-4-8-15-17(22)11-16(20(24)18(12)15)19(23)13-6-2-3-7-14(13)21-25-9-10-26-21/h2-7,11-12,21-22,24H,8-10H2,1H3/t12-/m0/s1. The zero-order chi connectivity index (χ0) is 18.3. The zero-order valence-corrected chi connectivity index (χ0v) is 14.4. The number of hydrogen-bond acceptors (Lipinski definition) is 5. The van der Waals surface area contributed by atoms with Gasteiger partial charge in [0, 0.05) is 28.2 Å². The van der Waals surface area contributed by atoms with E-state index in [9.17, 15) is 15.0 Å². The molecule has 0 aromatic heterocycles. The maximum absolute atomic E-state index is 13.2. The Kier molecular flexibility index (Phi) is 4.26. The summed E-state index contributed by atoms with van der Waals surface area (Å²) in [5.74, 6) is -0.475. The highest BCUT2D eigenvalue weighted by Gasteiger charge is 2.29. The van der Waals surface area contributed by atoms with Crippen LogP contribution in [0.2, 0.25) is 0 Å². The fourth-order valence-electron chi connectivity index (χ4n) is 3.67. The maximum Gasteiger partial charge on any atom is 0.197 e. The summed E-state index contributed by atoms with van der Waals surface area (Å²) in [5, 5.41) is 21.2. The first-order valence-corrected chi connectivity index (χ1v) is 8.69. The lowest BCUT2D eigenvalue weighted by atomic mass is 9.84. The molecule has 1 aliphatic carbocycles. The van der Waals surface area contributed by atoms with E-state index < -0.39 is 6.29 Å². The van der Waals surface area contributed by atoms with Crippen molar-refractivity contribution in [1.29, 1.82) is 0 Å². The average Bonchev–Trinajstić information content (AvgIpc) is 3.18. The molecule has 0 unspecified atom stereocenters. The molecule has 2 N–H and O–H groups in total. The van der Waals surface area contributed by atoms with E-state index in [1.165, 1.54) is 6.07 Å². The molecule has 1 aliphatic heterocycles. The minimum absolute atomic E-state index is 0.0307. The van der Waals surface area contributed by atoms with Gasteiger partial charge in [-0.05, 0) is 12.5 Å². The van der Waals surface area contributed by atoms with Crippen LogP contribution in [0.4, 0.5) is 0 Å². The number of hydrogen-bond donors (Lipinski definition) is 2. The van der Waals surface area contributed by atoms with Gasteiger partial charge in [0.2, 0.25) is 0 Å². The lowest BCUT2D eigenvalue weighted by molar-refractivity contribution is -0.0444. The second-order valence-corrected chi connectivity index (χ2v) is 6.59. The summed E-state index contributed by atoms with van der Waals surface area (Å²) in [7, 11) is 0. The Morgan fingerprint density at radius 2 is 1.85 bits per heavy atom. The van der Waals surface area contributed by atoms with Gasteiger partial charge in [0.15, 0.2) is 12.1 Å². The number of benzene rings is 2. The van der Waals surface area contributed by atoms with Crippen LogP contribution in [0.3, 0.4) is 0 Å². The van der Waals surface area contributed by atoms with Crippen molar-refractivity contribution in [3.8, 4) is 11.5 Å². The molecule has 2 aliphatic rings. The molecular weight excluding hydrogens is 332 g/mol. The van der Waals surface area contributed by atoms with Crippen molar-refractivity contribution in [2.45, 2.75) is 25.6 Å². The third-order valence-electron chi connectivity index (χ3n) is 4.95. The molecule has 26 heavy (non-hydrogen) atoms. The van der Waals surface area contributed by atoms with Crippen LogP contribution in [0.25, 0.3) is 0 Å². The minimum Gasteiger partial charge on any atom is -0.508 e. The van der Waals surface area contributed by atoms with Gasteiger partial charge < -0.3 is 19.7 Å². The molecule has 1 saturated heterocycles. The van der Waals surface area contributed by atoms with Gasteiger partial charge in [0.1, 0.15) is 11.5 Å². The molecule has 134 valence electrons. The van der Waals surface area contributed by atoms with Crippen molar-refractivity contribution in [2.75, 3.05) is 13.2 Å². The summed E-state index contributed by atoms with van der Waals surface area (Å²) in [6.07, 6.45) is 3.86. The topological polar surface area (TPSA) is 76.0 Å². The quantitative estimate of drug-likeness (QED) is 0.502. The monoisotopic (exact) mass is 352 g/mol. The number of phenols is 2. The van der Waals surface area contributed by atoms with Crippen LogP contribution in [-0.2, 0) is 15.9 Å².